The Balaban J connectivity index is 0. The van der Waals surface area contributed by atoms with Crippen molar-refractivity contribution in [3.05, 3.63) is 0 Å². The Hall–Kier alpha value is 0.997. The fourth-order valence-corrected chi connectivity index (χ4v) is 18.0. The van der Waals surface area contributed by atoms with E-state index in [0.717, 1.165) is 17.7 Å². The van der Waals surface area contributed by atoms with Crippen molar-refractivity contribution in [2.75, 3.05) is 0 Å². The second-order valence-electron chi connectivity index (χ2n) is 6.34. The Morgan fingerprint density at radius 3 is 1.40 bits per heavy atom. The minimum absolute atomic E-state index is 1.08. The normalized spacial score (nSPS) is 10.1. The van der Waals surface area contributed by atoms with Gasteiger partial charge in [0.2, 0.25) is 0 Å². The van der Waals surface area contributed by atoms with Crippen LogP contribution in [0.25, 0.3) is 0 Å². The van der Waals surface area contributed by atoms with E-state index in [1.165, 1.54) is 51.4 Å². The molecular weight excluding hydrogens is 562 g/mol. The number of nitrogens with zero attached hydrogens (tertiary/aromatic N) is 2. The van der Waals surface area contributed by atoms with Crippen LogP contribution in [0.3, 0.4) is 0 Å². The van der Waals surface area contributed by atoms with Gasteiger partial charge in [0.1, 0.15) is 0 Å². The Kier molecular flexibility index (Phi) is 24.0. The summed E-state index contributed by atoms with van der Waals surface area (Å²) in [5, 5.41) is 5.07. The molecule has 0 radical (unpaired) electrons. The van der Waals surface area contributed by atoms with Gasteiger partial charge in [-0.05, 0) is 0 Å². The van der Waals surface area contributed by atoms with Crippen LogP contribution in [0.4, 0.5) is 0 Å². The molecule has 0 bridgehead atoms. The van der Waals surface area contributed by atoms with Gasteiger partial charge in [-0.15, -0.1) is 0 Å². The first-order chi connectivity index (χ1) is 12.1. The first kappa shape index (κ1) is 28.2. The van der Waals surface area contributed by atoms with Crippen molar-refractivity contribution < 1.29 is 3.08 Å². The van der Waals surface area contributed by atoms with E-state index in [4.69, 9.17) is 24.4 Å². The molecule has 144 valence electrons. The van der Waals surface area contributed by atoms with Gasteiger partial charge in [0.05, 0.1) is 0 Å². The van der Waals surface area contributed by atoms with E-state index in [2.05, 4.69) is 44.4 Å². The van der Waals surface area contributed by atoms with Crippen molar-refractivity contribution in [1.29, 1.82) is 0 Å². The van der Waals surface area contributed by atoms with Crippen LogP contribution in [0.1, 0.15) is 79.1 Å². The summed E-state index contributed by atoms with van der Waals surface area (Å²) in [5.74, 6) is 0. The van der Waals surface area contributed by atoms with Gasteiger partial charge in [0.15, 0.2) is 0 Å². The third kappa shape index (κ3) is 18.1. The van der Waals surface area contributed by atoms with Gasteiger partial charge in [-0.25, -0.2) is 0 Å². The predicted molar refractivity (Wildman–Crippen MR) is 121 cm³/mol. The Bertz CT molecular complexity index is 397. The molecule has 0 aromatic carbocycles. The molecule has 0 rings (SSSR count). The molecule has 0 aliphatic rings. The van der Waals surface area contributed by atoms with Gasteiger partial charge in [0.25, 0.3) is 0 Å². The quantitative estimate of drug-likeness (QED) is 0.120. The van der Waals surface area contributed by atoms with E-state index in [0.29, 0.717) is 0 Å². The SMILES string of the molecule is CCC[CH2][Sn](=[O])[CH2]CCC.CCC[CH2][Sn]([CH2]CCC)([N]=C=S)[N]=C=S. The second-order valence-corrected chi connectivity index (χ2v) is 22.4. The van der Waals surface area contributed by atoms with Gasteiger partial charge >= 0.3 is 180 Å². The molecule has 0 aromatic heterocycles. The first-order valence-corrected chi connectivity index (χ1v) is 22.4. The summed E-state index contributed by atoms with van der Waals surface area (Å²) in [6.07, 6.45) is 9.48. The fraction of sp³-hybridized carbons (Fsp3) is 0.889. The molecule has 0 saturated carbocycles. The molecule has 0 atom stereocenters. The summed E-state index contributed by atoms with van der Waals surface area (Å²) in [7, 11) is 0. The molecule has 0 unspecified atom stereocenters. The summed E-state index contributed by atoms with van der Waals surface area (Å²) in [5.41, 5.74) is 0. The Morgan fingerprint density at radius 1 is 0.760 bits per heavy atom. The van der Waals surface area contributed by atoms with Crippen LogP contribution in [-0.4, -0.2) is 49.0 Å². The van der Waals surface area contributed by atoms with Crippen molar-refractivity contribution >= 4 is 73.4 Å². The maximum absolute atomic E-state index is 11.2. The minimum atomic E-state index is -2.81. The zero-order chi connectivity index (χ0) is 19.4. The number of unbranched alkanes of at least 4 members (excludes halogenated alkanes) is 4. The second kappa shape index (κ2) is 21.3. The maximum atomic E-state index is 11.2. The topological polar surface area (TPSA) is 41.8 Å². The average Bonchev–Trinajstić information content (AvgIpc) is 2.62. The zero-order valence-electron chi connectivity index (χ0n) is 16.6. The summed E-state index contributed by atoms with van der Waals surface area (Å²) >= 11 is 4.66. The molecule has 7 heteroatoms. The fourth-order valence-electron chi connectivity index (χ4n) is 2.34. The molecule has 0 heterocycles. The van der Waals surface area contributed by atoms with E-state index in [1.807, 2.05) is 0 Å². The van der Waals surface area contributed by atoms with E-state index < -0.39 is 38.7 Å². The van der Waals surface area contributed by atoms with Gasteiger partial charge in [0, 0.05) is 0 Å². The average molecular weight is 598 g/mol. The summed E-state index contributed by atoms with van der Waals surface area (Å²) in [6, 6.07) is 0. The molecule has 0 aliphatic heterocycles. The van der Waals surface area contributed by atoms with Gasteiger partial charge in [-0.1, -0.05) is 0 Å². The van der Waals surface area contributed by atoms with Crippen molar-refractivity contribution in [2.24, 2.45) is 6.43 Å². The van der Waals surface area contributed by atoms with Crippen molar-refractivity contribution in [3.8, 4) is 0 Å². The van der Waals surface area contributed by atoms with Crippen LogP contribution >= 0.6 is 24.4 Å². The van der Waals surface area contributed by atoms with Crippen molar-refractivity contribution in [3.63, 3.8) is 0 Å². The molecular formula is C18H36N2OS2Sn2. The summed E-state index contributed by atoms with van der Waals surface area (Å²) < 4.78 is 24.4. The summed E-state index contributed by atoms with van der Waals surface area (Å²) in [4.78, 5) is 0. The molecule has 0 saturated heterocycles. The van der Waals surface area contributed by atoms with Crippen LogP contribution in [0.2, 0.25) is 17.7 Å². The van der Waals surface area contributed by atoms with Crippen LogP contribution in [0, 0.1) is 0 Å². The standard InChI is InChI=1S/4C4H9.2CNS.O.2Sn/c4*1-3-4-2;2*2-1-3;;;/h4*1,3-4H2,2H3;;;;;/q;;;;2*-1;;;+2. The predicted octanol–water partition coefficient (Wildman–Crippen LogP) is 7.24. The molecule has 0 N–H and O–H groups in total. The van der Waals surface area contributed by atoms with Crippen LogP contribution < -0.4 is 0 Å². The number of thiocarbonyl (C=S) groups is 2. The van der Waals surface area contributed by atoms with E-state index in [1.54, 1.807) is 0 Å². The van der Waals surface area contributed by atoms with E-state index in [9.17, 15) is 3.08 Å². The third-order valence-corrected chi connectivity index (χ3v) is 19.9. The Morgan fingerprint density at radius 2 is 1.12 bits per heavy atom. The molecule has 3 nitrogen and oxygen atoms in total. The van der Waals surface area contributed by atoms with Gasteiger partial charge in [-0.3, -0.25) is 0 Å². The molecule has 0 fully saturated rings. The van der Waals surface area contributed by atoms with E-state index in [-0.39, 0.29) is 0 Å². The number of hydrogen-bond donors (Lipinski definition) is 0. The molecule has 0 aromatic rings. The molecule has 0 spiro atoms. The zero-order valence-corrected chi connectivity index (χ0v) is 23.9. The molecule has 0 amide bonds. The van der Waals surface area contributed by atoms with Crippen LogP contribution in [0.5, 0.6) is 0 Å². The van der Waals surface area contributed by atoms with E-state index >= 15 is 0 Å². The third-order valence-electron chi connectivity index (χ3n) is 3.99. The van der Waals surface area contributed by atoms with Crippen molar-refractivity contribution in [2.45, 2.75) is 96.8 Å². The van der Waals surface area contributed by atoms with Gasteiger partial charge < -0.3 is 0 Å². The first-order valence-electron chi connectivity index (χ1n) is 9.75. The number of rotatable bonds is 14. The van der Waals surface area contributed by atoms with Gasteiger partial charge in [-0.2, -0.15) is 0 Å². The number of hydrogen-bond acceptors (Lipinski definition) is 5. The Labute approximate surface area is 178 Å². The van der Waals surface area contributed by atoms with Crippen LogP contribution in [-0.2, 0) is 3.08 Å². The van der Waals surface area contributed by atoms with Crippen LogP contribution in [0.15, 0.2) is 6.43 Å². The number of isothiocyanates is 2. The molecule has 0 aliphatic carbocycles. The monoisotopic (exact) mass is 600 g/mol. The summed E-state index contributed by atoms with van der Waals surface area (Å²) in [6.45, 7) is 8.68. The molecule has 25 heavy (non-hydrogen) atoms. The van der Waals surface area contributed by atoms with Crippen molar-refractivity contribution in [1.82, 2.24) is 0 Å².